The number of fused-ring (bicyclic) bond motifs is 1. The summed E-state index contributed by atoms with van der Waals surface area (Å²) in [4.78, 5) is 4.44. The molecule has 26 heavy (non-hydrogen) atoms. The molecule has 0 saturated carbocycles. The lowest BCUT2D eigenvalue weighted by molar-refractivity contribution is 0.0485. The van der Waals surface area contributed by atoms with Gasteiger partial charge in [-0.05, 0) is 43.4 Å². The number of methoxy groups -OCH3 is 1. The van der Waals surface area contributed by atoms with E-state index in [-0.39, 0.29) is 12.8 Å². The third-order valence-corrected chi connectivity index (χ3v) is 4.79. The van der Waals surface area contributed by atoms with E-state index in [1.54, 1.807) is 7.11 Å². The topological polar surface area (TPSA) is 87.9 Å². The first-order valence-corrected chi connectivity index (χ1v) is 8.82. The van der Waals surface area contributed by atoms with Gasteiger partial charge in [-0.2, -0.15) is 4.98 Å². The number of nitrogens with one attached hydrogen (secondary N) is 1. The summed E-state index contributed by atoms with van der Waals surface area (Å²) in [6.07, 6.45) is 1.92. The Morgan fingerprint density at radius 2 is 2.12 bits per heavy atom. The summed E-state index contributed by atoms with van der Waals surface area (Å²) in [7, 11) is 1.63. The molecule has 0 bridgehead atoms. The van der Waals surface area contributed by atoms with Gasteiger partial charge in [0.1, 0.15) is 0 Å². The highest BCUT2D eigenvalue weighted by atomic mass is 16.7. The summed E-state index contributed by atoms with van der Waals surface area (Å²) in [5.74, 6) is 3.69. The summed E-state index contributed by atoms with van der Waals surface area (Å²) in [5.41, 5.74) is 1.04. The molecule has 2 aromatic rings. The number of benzene rings is 1. The van der Waals surface area contributed by atoms with Crippen molar-refractivity contribution in [2.45, 2.75) is 32.4 Å². The van der Waals surface area contributed by atoms with E-state index in [0.29, 0.717) is 41.4 Å². The zero-order valence-electron chi connectivity index (χ0n) is 15.0. The molecule has 0 spiro atoms. The van der Waals surface area contributed by atoms with Gasteiger partial charge in [0.25, 0.3) is 0 Å². The average Bonchev–Trinajstić information content (AvgIpc) is 3.31. The van der Waals surface area contributed by atoms with Crippen LogP contribution in [-0.4, -0.2) is 37.3 Å². The molecule has 1 saturated heterocycles. The van der Waals surface area contributed by atoms with Crippen LogP contribution in [0.3, 0.4) is 0 Å². The van der Waals surface area contributed by atoms with Crippen LogP contribution in [0.1, 0.15) is 36.2 Å². The number of hydrogen-bond donors (Lipinski definition) is 1. The van der Waals surface area contributed by atoms with Gasteiger partial charge >= 0.3 is 0 Å². The van der Waals surface area contributed by atoms with Crippen molar-refractivity contribution in [1.82, 2.24) is 15.5 Å². The molecule has 1 aromatic carbocycles. The Kier molecular flexibility index (Phi) is 4.94. The van der Waals surface area contributed by atoms with E-state index in [9.17, 15) is 0 Å². The van der Waals surface area contributed by atoms with Crippen LogP contribution >= 0.6 is 0 Å². The minimum Gasteiger partial charge on any atom is -0.493 e. The molecule has 1 atom stereocenters. The Labute approximate surface area is 151 Å². The molecule has 8 nitrogen and oxygen atoms in total. The van der Waals surface area contributed by atoms with Gasteiger partial charge < -0.3 is 28.8 Å². The molecule has 3 heterocycles. The minimum atomic E-state index is -0.0171. The van der Waals surface area contributed by atoms with Gasteiger partial charge in [-0.3, -0.25) is 0 Å². The fourth-order valence-corrected chi connectivity index (χ4v) is 3.46. The van der Waals surface area contributed by atoms with Crippen molar-refractivity contribution in [2.75, 3.05) is 27.1 Å². The lowest BCUT2D eigenvalue weighted by Gasteiger charge is -2.28. The molecule has 1 N–H and O–H groups in total. The van der Waals surface area contributed by atoms with E-state index < -0.39 is 0 Å². The number of aryl methyl sites for hydroxylation is 1. The highest BCUT2D eigenvalue weighted by molar-refractivity contribution is 5.55. The molecule has 0 radical (unpaired) electrons. The van der Waals surface area contributed by atoms with E-state index in [2.05, 4.69) is 15.5 Å². The second kappa shape index (κ2) is 7.51. The molecule has 2 aliphatic rings. The van der Waals surface area contributed by atoms with E-state index >= 15 is 0 Å². The Balaban J connectivity index is 1.53. The fourth-order valence-electron chi connectivity index (χ4n) is 3.46. The largest absolute Gasteiger partial charge is 0.493 e. The maximum absolute atomic E-state index is 5.51. The van der Waals surface area contributed by atoms with Gasteiger partial charge in [0, 0.05) is 19.8 Å². The van der Waals surface area contributed by atoms with Crippen molar-refractivity contribution in [2.24, 2.45) is 5.92 Å². The Hall–Kier alpha value is -2.32. The number of nitrogens with zero attached hydrogens (tertiary/aromatic N) is 2. The molecular formula is C18H23N3O5. The van der Waals surface area contributed by atoms with Crippen molar-refractivity contribution in [3.63, 3.8) is 0 Å². The van der Waals surface area contributed by atoms with Gasteiger partial charge in [-0.1, -0.05) is 5.16 Å². The second-order valence-electron chi connectivity index (χ2n) is 6.52. The van der Waals surface area contributed by atoms with Crippen LogP contribution < -0.4 is 19.5 Å². The fraction of sp³-hybridized carbons (Fsp3) is 0.556. The van der Waals surface area contributed by atoms with Crippen molar-refractivity contribution in [3.8, 4) is 17.2 Å². The number of hydrogen-bond acceptors (Lipinski definition) is 8. The van der Waals surface area contributed by atoms with Gasteiger partial charge in [0.2, 0.25) is 18.4 Å². The van der Waals surface area contributed by atoms with Gasteiger partial charge in [0.15, 0.2) is 17.3 Å². The monoisotopic (exact) mass is 361 g/mol. The predicted octanol–water partition coefficient (Wildman–Crippen LogP) is 2.37. The van der Waals surface area contributed by atoms with E-state index in [1.165, 1.54) is 0 Å². The first-order chi connectivity index (χ1) is 12.7. The minimum absolute atomic E-state index is 0.0171. The Morgan fingerprint density at radius 3 is 2.85 bits per heavy atom. The summed E-state index contributed by atoms with van der Waals surface area (Å²) >= 11 is 0. The molecule has 140 valence electrons. The Morgan fingerprint density at radius 1 is 1.27 bits per heavy atom. The van der Waals surface area contributed by atoms with E-state index in [4.69, 9.17) is 23.5 Å². The SMILES string of the molecule is COc1cc(CN[C@@H](c2nc(C)no2)C2CCOCC2)cc2c1OCO2. The standard InChI is InChI=1S/C18H23N3O5/c1-11-20-18(26-21-11)16(13-3-5-23-6-4-13)19-9-12-7-14(22-2)17-15(8-12)24-10-25-17/h7-8,13,16,19H,3-6,9-10H2,1-2H3/t16-/m1/s1. The highest BCUT2D eigenvalue weighted by Crippen LogP contribution is 2.42. The zero-order valence-corrected chi connectivity index (χ0v) is 15.0. The summed E-state index contributed by atoms with van der Waals surface area (Å²) in [6.45, 7) is 4.18. The first-order valence-electron chi connectivity index (χ1n) is 8.82. The lowest BCUT2D eigenvalue weighted by atomic mass is 9.91. The first kappa shape index (κ1) is 17.1. The third-order valence-electron chi connectivity index (χ3n) is 4.79. The van der Waals surface area contributed by atoms with Crippen molar-refractivity contribution < 1.29 is 23.5 Å². The molecular weight excluding hydrogens is 338 g/mol. The Bertz CT molecular complexity index is 757. The quantitative estimate of drug-likeness (QED) is 0.839. The summed E-state index contributed by atoms with van der Waals surface area (Å²) < 4.78 is 27.3. The maximum Gasteiger partial charge on any atom is 0.244 e. The van der Waals surface area contributed by atoms with Crippen LogP contribution in [0.5, 0.6) is 17.2 Å². The molecule has 2 aliphatic heterocycles. The number of rotatable bonds is 6. The molecule has 0 unspecified atom stereocenters. The normalized spacial score (nSPS) is 18.1. The van der Waals surface area contributed by atoms with Crippen LogP contribution in [0.25, 0.3) is 0 Å². The summed E-state index contributed by atoms with van der Waals surface area (Å²) in [5, 5.41) is 7.52. The van der Waals surface area contributed by atoms with Crippen molar-refractivity contribution >= 4 is 0 Å². The zero-order chi connectivity index (χ0) is 17.9. The lowest BCUT2D eigenvalue weighted by Crippen LogP contribution is -2.32. The molecule has 0 aliphatic carbocycles. The molecule has 4 rings (SSSR count). The second-order valence-corrected chi connectivity index (χ2v) is 6.52. The van der Waals surface area contributed by atoms with Gasteiger partial charge in [-0.25, -0.2) is 0 Å². The number of aromatic nitrogens is 2. The third kappa shape index (κ3) is 3.47. The van der Waals surface area contributed by atoms with Crippen LogP contribution in [0.15, 0.2) is 16.7 Å². The van der Waals surface area contributed by atoms with E-state index in [1.807, 2.05) is 19.1 Å². The average molecular weight is 361 g/mol. The predicted molar refractivity (Wildman–Crippen MR) is 91.3 cm³/mol. The van der Waals surface area contributed by atoms with Gasteiger partial charge in [-0.15, -0.1) is 0 Å². The van der Waals surface area contributed by atoms with Crippen LogP contribution in [0.4, 0.5) is 0 Å². The smallest absolute Gasteiger partial charge is 0.244 e. The molecule has 1 fully saturated rings. The van der Waals surface area contributed by atoms with Crippen molar-refractivity contribution in [3.05, 3.63) is 29.4 Å². The van der Waals surface area contributed by atoms with Crippen LogP contribution in [0.2, 0.25) is 0 Å². The maximum atomic E-state index is 5.51. The summed E-state index contributed by atoms with van der Waals surface area (Å²) in [6, 6.07) is 3.91. The molecule has 1 aromatic heterocycles. The molecule has 0 amide bonds. The highest BCUT2D eigenvalue weighted by Gasteiger charge is 2.30. The van der Waals surface area contributed by atoms with Crippen LogP contribution in [-0.2, 0) is 11.3 Å². The van der Waals surface area contributed by atoms with Crippen molar-refractivity contribution in [1.29, 1.82) is 0 Å². The number of ether oxygens (including phenoxy) is 4. The van der Waals surface area contributed by atoms with Gasteiger partial charge in [0.05, 0.1) is 13.2 Å². The van der Waals surface area contributed by atoms with Crippen LogP contribution in [0, 0.1) is 12.8 Å². The molecule has 8 heteroatoms. The van der Waals surface area contributed by atoms with E-state index in [0.717, 1.165) is 31.6 Å².